The summed E-state index contributed by atoms with van der Waals surface area (Å²) >= 11 is 0. The predicted molar refractivity (Wildman–Crippen MR) is 171 cm³/mol. The second-order valence-electron chi connectivity index (χ2n) is 11.2. The van der Waals surface area contributed by atoms with E-state index in [1.54, 1.807) is 0 Å². The first-order valence-electron chi connectivity index (χ1n) is 14.2. The van der Waals surface area contributed by atoms with Crippen molar-refractivity contribution in [1.82, 2.24) is 24.6 Å². The van der Waals surface area contributed by atoms with Gasteiger partial charge in [-0.15, -0.1) is 10.2 Å². The van der Waals surface area contributed by atoms with Crippen LogP contribution in [0, 0.1) is 0 Å². The number of para-hydroxylation sites is 2. The van der Waals surface area contributed by atoms with Crippen LogP contribution in [-0.2, 0) is 5.41 Å². The van der Waals surface area contributed by atoms with Gasteiger partial charge in [0.05, 0.1) is 39.1 Å². The van der Waals surface area contributed by atoms with Crippen LogP contribution in [0.5, 0.6) is 0 Å². The van der Waals surface area contributed by atoms with E-state index < -0.39 is 0 Å². The molecular weight excluding hydrogens is 514 g/mol. The van der Waals surface area contributed by atoms with Crippen LogP contribution in [0.1, 0.15) is 25.1 Å². The van der Waals surface area contributed by atoms with E-state index in [2.05, 4.69) is 107 Å². The molecule has 0 unspecified atom stereocenters. The summed E-state index contributed by atoms with van der Waals surface area (Å²) in [6.45, 7) is 4.47. The van der Waals surface area contributed by atoms with Gasteiger partial charge in [0, 0.05) is 27.3 Å². The van der Waals surface area contributed by atoms with E-state index in [-0.39, 0.29) is 5.41 Å². The highest BCUT2D eigenvalue weighted by Crippen LogP contribution is 2.36. The molecule has 0 saturated carbocycles. The average Bonchev–Trinajstić information content (AvgIpc) is 3.45. The molecule has 0 fully saturated rings. The van der Waals surface area contributed by atoms with Gasteiger partial charge in [-0.05, 0) is 48.0 Å². The summed E-state index contributed by atoms with van der Waals surface area (Å²) in [7, 11) is 0. The van der Waals surface area contributed by atoms with Gasteiger partial charge in [0.1, 0.15) is 5.65 Å². The fourth-order valence-electron chi connectivity index (χ4n) is 5.98. The summed E-state index contributed by atoms with van der Waals surface area (Å²) in [5, 5.41) is 11.3. The van der Waals surface area contributed by atoms with Crippen LogP contribution in [-0.4, -0.2) is 24.6 Å². The van der Waals surface area contributed by atoms with Crippen molar-refractivity contribution >= 4 is 38.5 Å². The highest BCUT2D eigenvalue weighted by atomic mass is 15.1. The molecule has 0 atom stereocenters. The first kappa shape index (κ1) is 24.4. The van der Waals surface area contributed by atoms with Gasteiger partial charge in [0.2, 0.25) is 0 Å². The molecule has 0 saturated heterocycles. The smallest absolute Gasteiger partial charge is 0.146 e. The lowest BCUT2D eigenvalue weighted by molar-refractivity contribution is 0.620. The molecular formula is C37H27N5. The first-order valence-corrected chi connectivity index (χ1v) is 14.2. The van der Waals surface area contributed by atoms with Crippen LogP contribution in [0.4, 0.5) is 0 Å². The number of benzene rings is 4. The SMILES string of the molecule is CC(C)(c1cccc(-c2ccc(-c3ccccc3)nn2)c1)c1ccc2c(n1)c1ccccc1c1nc3ccccc3n21. The third-order valence-corrected chi connectivity index (χ3v) is 8.35. The molecule has 42 heavy (non-hydrogen) atoms. The molecule has 0 aliphatic carbocycles. The van der Waals surface area contributed by atoms with Gasteiger partial charge in [-0.25, -0.2) is 9.97 Å². The molecule has 0 amide bonds. The summed E-state index contributed by atoms with van der Waals surface area (Å²) in [6.07, 6.45) is 0. The topological polar surface area (TPSA) is 56.0 Å². The zero-order valence-corrected chi connectivity index (χ0v) is 23.4. The number of aromatic nitrogens is 5. The van der Waals surface area contributed by atoms with Crippen molar-refractivity contribution in [1.29, 1.82) is 0 Å². The third kappa shape index (κ3) is 3.78. The lowest BCUT2D eigenvalue weighted by Crippen LogP contribution is -2.21. The Balaban J connectivity index is 1.25. The van der Waals surface area contributed by atoms with E-state index in [1.807, 2.05) is 48.5 Å². The molecule has 0 radical (unpaired) electrons. The van der Waals surface area contributed by atoms with Crippen LogP contribution >= 0.6 is 0 Å². The normalized spacial score (nSPS) is 12.0. The van der Waals surface area contributed by atoms with Crippen molar-refractivity contribution in [2.75, 3.05) is 0 Å². The van der Waals surface area contributed by atoms with Gasteiger partial charge in [-0.2, -0.15) is 0 Å². The van der Waals surface area contributed by atoms with Gasteiger partial charge in [-0.3, -0.25) is 4.40 Å². The second kappa shape index (κ2) is 9.32. The molecule has 4 aromatic carbocycles. The number of hydrogen-bond donors (Lipinski definition) is 0. The molecule has 8 aromatic rings. The van der Waals surface area contributed by atoms with Crippen LogP contribution in [0.3, 0.4) is 0 Å². The largest absolute Gasteiger partial charge is 0.290 e. The van der Waals surface area contributed by atoms with Crippen molar-refractivity contribution in [2.45, 2.75) is 19.3 Å². The first-order chi connectivity index (χ1) is 20.6. The maximum Gasteiger partial charge on any atom is 0.146 e. The van der Waals surface area contributed by atoms with Gasteiger partial charge < -0.3 is 0 Å². The number of imidazole rings is 1. The highest BCUT2D eigenvalue weighted by Gasteiger charge is 2.26. The highest BCUT2D eigenvalue weighted by molar-refractivity contribution is 6.12. The number of fused-ring (bicyclic) bond motifs is 8. The van der Waals surface area contributed by atoms with Crippen molar-refractivity contribution in [3.63, 3.8) is 0 Å². The molecule has 8 rings (SSSR count). The standard InChI is InChI=1S/C37H27N5/c1-37(2,26-14-10-13-25(23-26)30-20-19-29(40-41-30)24-11-4-3-5-12-24)34-22-21-33-35(39-34)27-15-6-7-16-28(27)36-38-31-17-8-9-18-32(31)42(33)36/h3-23H,1-2H3. The molecule has 0 spiro atoms. The Hall–Kier alpha value is -5.42. The Bertz CT molecular complexity index is 2270. The minimum Gasteiger partial charge on any atom is -0.290 e. The summed E-state index contributed by atoms with van der Waals surface area (Å²) in [5.41, 5.74) is 10.7. The molecule has 5 heteroatoms. The van der Waals surface area contributed by atoms with Crippen molar-refractivity contribution in [3.05, 3.63) is 139 Å². The number of pyridine rings is 2. The molecule has 0 N–H and O–H groups in total. The average molecular weight is 542 g/mol. The Morgan fingerprint density at radius 3 is 2.05 bits per heavy atom. The molecule has 4 heterocycles. The minimum atomic E-state index is -0.353. The zero-order chi connectivity index (χ0) is 28.3. The quantitative estimate of drug-likeness (QED) is 0.209. The predicted octanol–water partition coefficient (Wildman–Crippen LogP) is 8.64. The minimum absolute atomic E-state index is 0.353. The van der Waals surface area contributed by atoms with Gasteiger partial charge >= 0.3 is 0 Å². The molecule has 200 valence electrons. The van der Waals surface area contributed by atoms with E-state index in [1.165, 1.54) is 5.56 Å². The fraction of sp³-hybridized carbons (Fsp3) is 0.0811. The Morgan fingerprint density at radius 1 is 0.548 bits per heavy atom. The summed E-state index contributed by atoms with van der Waals surface area (Å²) < 4.78 is 2.25. The van der Waals surface area contributed by atoms with Crippen molar-refractivity contribution in [3.8, 4) is 22.5 Å². The maximum atomic E-state index is 5.36. The van der Waals surface area contributed by atoms with E-state index in [4.69, 9.17) is 9.97 Å². The Labute approximate surface area is 243 Å². The third-order valence-electron chi connectivity index (χ3n) is 8.35. The van der Waals surface area contributed by atoms with Crippen molar-refractivity contribution in [2.24, 2.45) is 0 Å². The maximum absolute atomic E-state index is 5.36. The van der Waals surface area contributed by atoms with Crippen molar-refractivity contribution < 1.29 is 0 Å². The van der Waals surface area contributed by atoms with Crippen LogP contribution < -0.4 is 0 Å². The van der Waals surface area contributed by atoms with Gasteiger partial charge in [0.15, 0.2) is 0 Å². The Kier molecular flexibility index (Phi) is 5.41. The molecule has 0 bridgehead atoms. The van der Waals surface area contributed by atoms with Gasteiger partial charge in [-0.1, -0.05) is 98.8 Å². The van der Waals surface area contributed by atoms with Crippen LogP contribution in [0.25, 0.3) is 61.0 Å². The molecule has 0 aliphatic heterocycles. The summed E-state index contributed by atoms with van der Waals surface area (Å²) in [6, 6.07) is 43.9. The number of hydrogen-bond acceptors (Lipinski definition) is 4. The molecule has 4 aromatic heterocycles. The van der Waals surface area contributed by atoms with E-state index in [9.17, 15) is 0 Å². The van der Waals surface area contributed by atoms with Gasteiger partial charge in [0.25, 0.3) is 0 Å². The summed E-state index contributed by atoms with van der Waals surface area (Å²) in [4.78, 5) is 10.4. The Morgan fingerprint density at radius 2 is 1.24 bits per heavy atom. The number of nitrogens with zero attached hydrogens (tertiary/aromatic N) is 5. The molecule has 5 nitrogen and oxygen atoms in total. The van der Waals surface area contributed by atoms with E-state index in [0.29, 0.717) is 0 Å². The lowest BCUT2D eigenvalue weighted by Gasteiger charge is -2.26. The zero-order valence-electron chi connectivity index (χ0n) is 23.4. The lowest BCUT2D eigenvalue weighted by atomic mass is 9.80. The van der Waals surface area contributed by atoms with E-state index >= 15 is 0 Å². The van der Waals surface area contributed by atoms with E-state index in [0.717, 1.165) is 66.7 Å². The second-order valence-corrected chi connectivity index (χ2v) is 11.2. The van der Waals surface area contributed by atoms with Crippen LogP contribution in [0.15, 0.2) is 127 Å². The summed E-state index contributed by atoms with van der Waals surface area (Å²) in [5.74, 6) is 0. The monoisotopic (exact) mass is 541 g/mol. The molecule has 0 aliphatic rings. The van der Waals surface area contributed by atoms with Crippen LogP contribution in [0.2, 0.25) is 0 Å². The fourth-order valence-corrected chi connectivity index (χ4v) is 5.98. The number of rotatable bonds is 4.